The fourth-order valence-corrected chi connectivity index (χ4v) is 3.23. The summed E-state index contributed by atoms with van der Waals surface area (Å²) in [6.45, 7) is 3.07. The van der Waals surface area contributed by atoms with Gasteiger partial charge in [0.2, 0.25) is 0 Å². The van der Waals surface area contributed by atoms with Crippen LogP contribution in [0.25, 0.3) is 0 Å². The lowest BCUT2D eigenvalue weighted by Crippen LogP contribution is -2.41. The molecule has 3 nitrogen and oxygen atoms in total. The molecule has 1 aliphatic carbocycles. The smallest absolute Gasteiger partial charge is 0.191 e. The number of nitrogens with zero attached hydrogens (tertiary/aromatic N) is 1. The van der Waals surface area contributed by atoms with Crippen LogP contribution in [0.15, 0.2) is 17.1 Å². The molecular formula is C14H24IN3S. The molecule has 19 heavy (non-hydrogen) atoms. The molecule has 1 aromatic heterocycles. The maximum Gasteiger partial charge on any atom is 0.191 e. The highest BCUT2D eigenvalue weighted by molar-refractivity contribution is 14.0. The predicted molar refractivity (Wildman–Crippen MR) is 94.7 cm³/mol. The Bertz CT molecular complexity index is 397. The lowest BCUT2D eigenvalue weighted by molar-refractivity contribution is 0.614. The van der Waals surface area contributed by atoms with Gasteiger partial charge in [-0.05, 0) is 31.4 Å². The molecule has 2 rings (SSSR count). The van der Waals surface area contributed by atoms with E-state index in [2.05, 4.69) is 34.7 Å². The summed E-state index contributed by atoms with van der Waals surface area (Å²) < 4.78 is 0. The van der Waals surface area contributed by atoms with Crippen molar-refractivity contribution in [3.63, 3.8) is 0 Å². The quantitative estimate of drug-likeness (QED) is 0.467. The van der Waals surface area contributed by atoms with E-state index in [9.17, 15) is 0 Å². The van der Waals surface area contributed by atoms with E-state index >= 15 is 0 Å². The van der Waals surface area contributed by atoms with Crippen molar-refractivity contribution in [2.75, 3.05) is 7.05 Å². The van der Waals surface area contributed by atoms with Gasteiger partial charge in [0.15, 0.2) is 5.96 Å². The lowest BCUT2D eigenvalue weighted by atomic mass is 10.2. The van der Waals surface area contributed by atoms with E-state index in [0.717, 1.165) is 18.9 Å². The molecule has 0 saturated heterocycles. The summed E-state index contributed by atoms with van der Waals surface area (Å²) in [4.78, 5) is 7.12. The predicted octanol–water partition coefficient (Wildman–Crippen LogP) is 3.54. The first-order valence-electron chi connectivity index (χ1n) is 6.86. The van der Waals surface area contributed by atoms with Crippen molar-refractivity contribution in [2.24, 2.45) is 4.99 Å². The number of hydrogen-bond donors (Lipinski definition) is 2. The van der Waals surface area contributed by atoms with E-state index in [0.29, 0.717) is 6.04 Å². The summed E-state index contributed by atoms with van der Waals surface area (Å²) in [5.41, 5.74) is 0. The normalized spacial score (nSPS) is 16.2. The lowest BCUT2D eigenvalue weighted by Gasteiger charge is -2.16. The van der Waals surface area contributed by atoms with Crippen molar-refractivity contribution < 1.29 is 0 Å². The average molecular weight is 393 g/mol. The Hall–Kier alpha value is -0.300. The van der Waals surface area contributed by atoms with Gasteiger partial charge in [-0.2, -0.15) is 0 Å². The molecule has 0 aromatic carbocycles. The summed E-state index contributed by atoms with van der Waals surface area (Å²) >= 11 is 1.88. The molecule has 0 unspecified atom stereocenters. The van der Waals surface area contributed by atoms with E-state index in [1.54, 1.807) is 0 Å². The van der Waals surface area contributed by atoms with E-state index in [-0.39, 0.29) is 24.0 Å². The van der Waals surface area contributed by atoms with Gasteiger partial charge in [-0.15, -0.1) is 35.3 Å². The number of hydrogen-bond acceptors (Lipinski definition) is 2. The standard InChI is InChI=1S/C14H23N3S.HI/c1-3-12-8-9-13(18-12)10-16-14(15-2)17-11-6-4-5-7-11;/h8-9,11H,3-7,10H2,1-2H3,(H2,15,16,17);1H. The van der Waals surface area contributed by atoms with Crippen molar-refractivity contribution >= 4 is 41.3 Å². The molecule has 1 fully saturated rings. The first kappa shape index (κ1) is 16.8. The van der Waals surface area contributed by atoms with Gasteiger partial charge in [-0.3, -0.25) is 4.99 Å². The van der Waals surface area contributed by atoms with Crippen LogP contribution in [0.5, 0.6) is 0 Å². The Balaban J connectivity index is 0.00000180. The van der Waals surface area contributed by atoms with Crippen LogP contribution in [-0.2, 0) is 13.0 Å². The van der Waals surface area contributed by atoms with Crippen molar-refractivity contribution in [1.82, 2.24) is 10.6 Å². The zero-order valence-corrected chi connectivity index (χ0v) is 14.9. The molecule has 1 heterocycles. The second kappa shape index (κ2) is 8.79. The molecule has 1 saturated carbocycles. The van der Waals surface area contributed by atoms with Gasteiger partial charge in [-0.25, -0.2) is 0 Å². The first-order valence-corrected chi connectivity index (χ1v) is 7.68. The highest BCUT2D eigenvalue weighted by Gasteiger charge is 2.15. The molecule has 0 spiro atoms. The molecule has 0 amide bonds. The average Bonchev–Trinajstić information content (AvgIpc) is 3.05. The first-order chi connectivity index (χ1) is 8.81. The number of halogens is 1. The number of nitrogens with one attached hydrogen (secondary N) is 2. The fourth-order valence-electron chi connectivity index (χ4n) is 2.34. The van der Waals surface area contributed by atoms with Gasteiger partial charge >= 0.3 is 0 Å². The monoisotopic (exact) mass is 393 g/mol. The van der Waals surface area contributed by atoms with Gasteiger partial charge in [0.05, 0.1) is 6.54 Å². The molecule has 2 N–H and O–H groups in total. The highest BCUT2D eigenvalue weighted by Crippen LogP contribution is 2.18. The topological polar surface area (TPSA) is 36.4 Å². The Morgan fingerprint density at radius 3 is 2.58 bits per heavy atom. The SMILES string of the molecule is CCc1ccc(CNC(=NC)NC2CCCC2)s1.I. The Morgan fingerprint density at radius 2 is 2.00 bits per heavy atom. The van der Waals surface area contributed by atoms with E-state index in [4.69, 9.17) is 0 Å². The van der Waals surface area contributed by atoms with Gasteiger partial charge in [0.1, 0.15) is 0 Å². The van der Waals surface area contributed by atoms with Crippen molar-refractivity contribution in [1.29, 1.82) is 0 Å². The van der Waals surface area contributed by atoms with Crippen LogP contribution in [0.2, 0.25) is 0 Å². The Morgan fingerprint density at radius 1 is 1.32 bits per heavy atom. The number of thiophene rings is 1. The summed E-state index contributed by atoms with van der Waals surface area (Å²) in [6.07, 6.45) is 6.37. The number of aliphatic imine (C=N–C) groups is 1. The largest absolute Gasteiger partial charge is 0.354 e. The third kappa shape index (κ3) is 5.30. The third-order valence-electron chi connectivity index (χ3n) is 3.42. The second-order valence-electron chi connectivity index (χ2n) is 4.77. The van der Waals surface area contributed by atoms with Crippen LogP contribution in [0.4, 0.5) is 0 Å². The maximum atomic E-state index is 4.29. The minimum absolute atomic E-state index is 0. The van der Waals surface area contributed by atoms with E-state index in [1.807, 2.05) is 18.4 Å². The van der Waals surface area contributed by atoms with Crippen molar-refractivity contribution in [2.45, 2.75) is 51.6 Å². The van der Waals surface area contributed by atoms with Crippen LogP contribution < -0.4 is 10.6 Å². The van der Waals surface area contributed by atoms with Crippen LogP contribution in [0.1, 0.15) is 42.4 Å². The van der Waals surface area contributed by atoms with E-state index < -0.39 is 0 Å². The molecule has 0 atom stereocenters. The number of aryl methyl sites for hydroxylation is 1. The highest BCUT2D eigenvalue weighted by atomic mass is 127. The molecule has 108 valence electrons. The molecule has 1 aromatic rings. The second-order valence-corrected chi connectivity index (χ2v) is 6.03. The summed E-state index contributed by atoms with van der Waals surface area (Å²) in [5, 5.41) is 6.90. The van der Waals surface area contributed by atoms with Crippen LogP contribution in [-0.4, -0.2) is 19.0 Å². The molecule has 0 radical (unpaired) electrons. The summed E-state index contributed by atoms with van der Waals surface area (Å²) in [5.74, 6) is 0.938. The summed E-state index contributed by atoms with van der Waals surface area (Å²) in [6, 6.07) is 5.04. The Labute approximate surface area is 137 Å². The molecular weight excluding hydrogens is 369 g/mol. The zero-order valence-electron chi connectivity index (χ0n) is 11.7. The maximum absolute atomic E-state index is 4.29. The number of guanidine groups is 1. The van der Waals surface area contributed by atoms with Gasteiger partial charge in [0, 0.05) is 22.8 Å². The minimum atomic E-state index is 0. The van der Waals surface area contributed by atoms with Crippen molar-refractivity contribution in [3.8, 4) is 0 Å². The van der Waals surface area contributed by atoms with Crippen LogP contribution in [0.3, 0.4) is 0 Å². The van der Waals surface area contributed by atoms with Crippen LogP contribution in [0, 0.1) is 0 Å². The number of rotatable bonds is 4. The van der Waals surface area contributed by atoms with E-state index in [1.165, 1.54) is 35.4 Å². The van der Waals surface area contributed by atoms with Gasteiger partial charge < -0.3 is 10.6 Å². The molecule has 1 aliphatic rings. The van der Waals surface area contributed by atoms with Crippen molar-refractivity contribution in [3.05, 3.63) is 21.9 Å². The third-order valence-corrected chi connectivity index (χ3v) is 4.65. The zero-order chi connectivity index (χ0) is 12.8. The van der Waals surface area contributed by atoms with Crippen LogP contribution >= 0.6 is 35.3 Å². The van der Waals surface area contributed by atoms with Gasteiger partial charge in [0.25, 0.3) is 0 Å². The summed E-state index contributed by atoms with van der Waals surface area (Å²) in [7, 11) is 1.84. The Kier molecular flexibility index (Phi) is 7.75. The molecule has 0 bridgehead atoms. The molecule has 0 aliphatic heterocycles. The molecule has 5 heteroatoms. The van der Waals surface area contributed by atoms with Gasteiger partial charge in [-0.1, -0.05) is 19.8 Å². The fraction of sp³-hybridized carbons (Fsp3) is 0.643. The minimum Gasteiger partial charge on any atom is -0.354 e.